The number of hydrogen-bond acceptors (Lipinski definition) is 2. The van der Waals surface area contributed by atoms with Crippen molar-refractivity contribution in [1.29, 1.82) is 0 Å². The molecular formula is C6H17N2P. The Balaban J connectivity index is 2.88. The molecule has 1 unspecified atom stereocenters. The van der Waals surface area contributed by atoms with Crippen molar-refractivity contribution in [2.75, 3.05) is 26.7 Å². The molecule has 0 saturated carbocycles. The second kappa shape index (κ2) is 6.47. The van der Waals surface area contributed by atoms with Gasteiger partial charge in [-0.05, 0) is 33.1 Å². The van der Waals surface area contributed by atoms with Crippen LogP contribution in [0.5, 0.6) is 0 Å². The van der Waals surface area contributed by atoms with Gasteiger partial charge in [0.05, 0.1) is 0 Å². The van der Waals surface area contributed by atoms with Crippen LogP contribution in [0.25, 0.3) is 0 Å². The lowest BCUT2D eigenvalue weighted by molar-refractivity contribution is 0.348. The maximum absolute atomic E-state index is 3.04. The largest absolute Gasteiger partial charge is 0.307 e. The van der Waals surface area contributed by atoms with Gasteiger partial charge in [-0.25, -0.2) is 0 Å². The summed E-state index contributed by atoms with van der Waals surface area (Å²) in [5.74, 6) is 0. The quantitative estimate of drug-likeness (QED) is 0.456. The van der Waals surface area contributed by atoms with Crippen LogP contribution in [0.15, 0.2) is 0 Å². The molecule has 0 aromatic carbocycles. The Morgan fingerprint density at radius 2 is 2.22 bits per heavy atom. The van der Waals surface area contributed by atoms with Crippen LogP contribution in [0, 0.1) is 0 Å². The second-order valence-electron chi connectivity index (χ2n) is 2.20. The zero-order chi connectivity index (χ0) is 7.11. The van der Waals surface area contributed by atoms with Crippen molar-refractivity contribution in [1.82, 2.24) is 9.99 Å². The third kappa shape index (κ3) is 6.23. The third-order valence-corrected chi connectivity index (χ3v) is 1.69. The van der Waals surface area contributed by atoms with E-state index in [1.807, 2.05) is 0 Å². The molecule has 0 fully saturated rings. The molecule has 1 N–H and O–H groups in total. The molecule has 0 saturated heterocycles. The van der Waals surface area contributed by atoms with Gasteiger partial charge < -0.3 is 9.99 Å². The fourth-order valence-electron chi connectivity index (χ4n) is 0.609. The molecule has 2 nitrogen and oxygen atoms in total. The standard InChI is InChI=1S/C6H17N2P/c1-3-8(2)6-4-5-7-9/h7H,3-6,9H2,1-2H3. The molecule has 3 heteroatoms. The van der Waals surface area contributed by atoms with Crippen molar-refractivity contribution >= 4 is 9.39 Å². The smallest absolute Gasteiger partial charge is 0.000225 e. The van der Waals surface area contributed by atoms with Crippen LogP contribution < -0.4 is 5.09 Å². The molecule has 0 rings (SSSR count). The van der Waals surface area contributed by atoms with Gasteiger partial charge in [0.1, 0.15) is 0 Å². The van der Waals surface area contributed by atoms with Gasteiger partial charge >= 0.3 is 0 Å². The van der Waals surface area contributed by atoms with Gasteiger partial charge in [-0.2, -0.15) is 0 Å². The van der Waals surface area contributed by atoms with Crippen molar-refractivity contribution in [2.45, 2.75) is 13.3 Å². The van der Waals surface area contributed by atoms with E-state index in [9.17, 15) is 0 Å². The first kappa shape index (κ1) is 9.35. The summed E-state index contributed by atoms with van der Waals surface area (Å²) in [7, 11) is 4.65. The molecular weight excluding hydrogens is 131 g/mol. The monoisotopic (exact) mass is 148 g/mol. The molecule has 0 aliphatic heterocycles. The van der Waals surface area contributed by atoms with Gasteiger partial charge in [0, 0.05) is 0 Å². The van der Waals surface area contributed by atoms with Crippen molar-refractivity contribution in [3.8, 4) is 0 Å². The molecule has 0 radical (unpaired) electrons. The molecule has 0 bridgehead atoms. The summed E-state index contributed by atoms with van der Waals surface area (Å²) in [5.41, 5.74) is 0. The highest BCUT2D eigenvalue weighted by atomic mass is 31.0. The Kier molecular flexibility index (Phi) is 6.72. The third-order valence-electron chi connectivity index (χ3n) is 1.40. The normalized spacial score (nSPS) is 10.7. The SMILES string of the molecule is CCN(C)CCCNP. The minimum Gasteiger partial charge on any atom is -0.307 e. The molecule has 0 aliphatic rings. The summed E-state index contributed by atoms with van der Waals surface area (Å²) in [6.45, 7) is 5.61. The van der Waals surface area contributed by atoms with Gasteiger partial charge in [0.2, 0.25) is 0 Å². The summed E-state index contributed by atoms with van der Waals surface area (Å²) in [6.07, 6.45) is 1.23. The van der Waals surface area contributed by atoms with E-state index in [2.05, 4.69) is 33.3 Å². The predicted molar refractivity (Wildman–Crippen MR) is 45.5 cm³/mol. The topological polar surface area (TPSA) is 15.3 Å². The van der Waals surface area contributed by atoms with Crippen LogP contribution in [0.1, 0.15) is 13.3 Å². The highest BCUT2D eigenvalue weighted by Gasteiger charge is 1.90. The lowest BCUT2D eigenvalue weighted by Gasteiger charge is -2.12. The number of hydrogen-bond donors (Lipinski definition) is 1. The van der Waals surface area contributed by atoms with Crippen LogP contribution in [0.2, 0.25) is 0 Å². The summed E-state index contributed by atoms with van der Waals surface area (Å²) in [6, 6.07) is 0. The van der Waals surface area contributed by atoms with E-state index in [1.54, 1.807) is 0 Å². The summed E-state index contributed by atoms with van der Waals surface area (Å²) in [5, 5.41) is 3.04. The van der Waals surface area contributed by atoms with Crippen LogP contribution in [0.4, 0.5) is 0 Å². The molecule has 0 spiro atoms. The average Bonchev–Trinajstić information content (AvgIpc) is 1.89. The van der Waals surface area contributed by atoms with Crippen molar-refractivity contribution < 1.29 is 0 Å². The second-order valence-corrected chi connectivity index (χ2v) is 2.61. The van der Waals surface area contributed by atoms with Crippen LogP contribution in [-0.4, -0.2) is 31.6 Å². The van der Waals surface area contributed by atoms with Gasteiger partial charge in [-0.1, -0.05) is 16.3 Å². The highest BCUT2D eigenvalue weighted by Crippen LogP contribution is 1.85. The lowest BCUT2D eigenvalue weighted by Crippen LogP contribution is -2.21. The van der Waals surface area contributed by atoms with Crippen molar-refractivity contribution in [3.63, 3.8) is 0 Å². The molecule has 0 heterocycles. The Labute approximate surface area is 60.3 Å². The summed E-state index contributed by atoms with van der Waals surface area (Å²) < 4.78 is 0. The number of rotatable bonds is 5. The van der Waals surface area contributed by atoms with Gasteiger partial charge in [-0.15, -0.1) is 0 Å². The summed E-state index contributed by atoms with van der Waals surface area (Å²) in [4.78, 5) is 2.31. The maximum Gasteiger partial charge on any atom is -0.000225 e. The summed E-state index contributed by atoms with van der Waals surface area (Å²) >= 11 is 0. The van der Waals surface area contributed by atoms with Gasteiger partial charge in [0.15, 0.2) is 0 Å². The molecule has 1 atom stereocenters. The van der Waals surface area contributed by atoms with E-state index in [0.29, 0.717) is 0 Å². The minimum atomic E-state index is 1.09. The number of nitrogens with one attached hydrogen (secondary N) is 1. The molecule has 0 aliphatic carbocycles. The van der Waals surface area contributed by atoms with Gasteiger partial charge in [-0.3, -0.25) is 0 Å². The molecule has 9 heavy (non-hydrogen) atoms. The Morgan fingerprint density at radius 3 is 2.67 bits per heavy atom. The van der Waals surface area contributed by atoms with E-state index >= 15 is 0 Å². The van der Waals surface area contributed by atoms with E-state index in [4.69, 9.17) is 0 Å². The first-order chi connectivity index (χ1) is 4.31. The van der Waals surface area contributed by atoms with Crippen LogP contribution in [0.3, 0.4) is 0 Å². The molecule has 0 amide bonds. The Bertz CT molecular complexity index is 59.0. The molecule has 56 valence electrons. The average molecular weight is 148 g/mol. The van der Waals surface area contributed by atoms with Gasteiger partial charge in [0.25, 0.3) is 0 Å². The van der Waals surface area contributed by atoms with Crippen molar-refractivity contribution in [2.24, 2.45) is 0 Å². The predicted octanol–water partition coefficient (Wildman–Crippen LogP) is 0.708. The zero-order valence-corrected chi connectivity index (χ0v) is 7.51. The molecule has 0 aromatic heterocycles. The van der Waals surface area contributed by atoms with Crippen LogP contribution >= 0.6 is 9.39 Å². The van der Waals surface area contributed by atoms with Crippen LogP contribution in [-0.2, 0) is 0 Å². The lowest BCUT2D eigenvalue weighted by atomic mass is 10.4. The first-order valence-electron chi connectivity index (χ1n) is 3.43. The fourth-order valence-corrected chi connectivity index (χ4v) is 0.813. The molecule has 0 aromatic rings. The van der Waals surface area contributed by atoms with E-state index in [0.717, 1.165) is 13.1 Å². The zero-order valence-electron chi connectivity index (χ0n) is 6.35. The highest BCUT2D eigenvalue weighted by molar-refractivity contribution is 7.13. The van der Waals surface area contributed by atoms with Crippen molar-refractivity contribution in [3.05, 3.63) is 0 Å². The van der Waals surface area contributed by atoms with E-state index in [1.165, 1.54) is 13.0 Å². The number of nitrogens with zero attached hydrogens (tertiary/aromatic N) is 1. The minimum absolute atomic E-state index is 1.09. The fraction of sp³-hybridized carbons (Fsp3) is 1.00. The maximum atomic E-state index is 3.04. The van der Waals surface area contributed by atoms with E-state index < -0.39 is 0 Å². The first-order valence-corrected chi connectivity index (χ1v) is 4.01. The van der Waals surface area contributed by atoms with E-state index in [-0.39, 0.29) is 0 Å². The Morgan fingerprint density at radius 1 is 1.56 bits per heavy atom. The Hall–Kier alpha value is 0.350.